The number of carbonyl (C=O) groups is 2. The van der Waals surface area contributed by atoms with Crippen LogP contribution in [-0.4, -0.2) is 74.2 Å². The molecular formula is C18H28N2O4. The first-order valence-corrected chi connectivity index (χ1v) is 9.49. The van der Waals surface area contributed by atoms with Crippen molar-refractivity contribution in [1.29, 1.82) is 0 Å². The van der Waals surface area contributed by atoms with Gasteiger partial charge >= 0.3 is 0 Å². The zero-order valence-corrected chi connectivity index (χ0v) is 14.3. The molecule has 2 atom stereocenters. The quantitative estimate of drug-likeness (QED) is 0.747. The first-order valence-electron chi connectivity index (χ1n) is 9.49. The molecule has 0 aromatic heterocycles. The Hall–Kier alpha value is -1.14. The van der Waals surface area contributed by atoms with E-state index in [2.05, 4.69) is 0 Å². The van der Waals surface area contributed by atoms with Crippen LogP contribution in [-0.2, 0) is 19.1 Å². The lowest BCUT2D eigenvalue weighted by Gasteiger charge is -2.49. The minimum atomic E-state index is -0.106. The monoisotopic (exact) mass is 336 g/mol. The number of hydrogen-bond donors (Lipinski definition) is 0. The molecule has 5 aliphatic rings. The standard InChI is InChI=1S/C18H28N2O4/c21-17(19-5-9-23-10-6-19)15-13-1-2-14(4-3-13)16(15)18(22)20-7-11-24-12-8-20/h13-16H,1-12H2/t13?,14?,15-,16-/m0/s1. The first-order chi connectivity index (χ1) is 11.8. The molecule has 0 aromatic carbocycles. The van der Waals surface area contributed by atoms with Crippen LogP contribution in [0, 0.1) is 23.7 Å². The highest BCUT2D eigenvalue weighted by atomic mass is 16.5. The van der Waals surface area contributed by atoms with E-state index in [4.69, 9.17) is 9.47 Å². The zero-order valence-electron chi connectivity index (χ0n) is 14.3. The van der Waals surface area contributed by atoms with E-state index in [0.29, 0.717) is 64.4 Å². The number of hydrogen-bond acceptors (Lipinski definition) is 4. The Balaban J connectivity index is 1.54. The Kier molecular flexibility index (Phi) is 4.77. The summed E-state index contributed by atoms with van der Waals surface area (Å²) in [6, 6.07) is 0. The van der Waals surface area contributed by atoms with Gasteiger partial charge < -0.3 is 19.3 Å². The van der Waals surface area contributed by atoms with Crippen molar-refractivity contribution < 1.29 is 19.1 Å². The Morgan fingerprint density at radius 3 is 1.29 bits per heavy atom. The lowest BCUT2D eigenvalue weighted by molar-refractivity contribution is -0.162. The summed E-state index contributed by atoms with van der Waals surface area (Å²) in [5.74, 6) is 0.983. The van der Waals surface area contributed by atoms with Gasteiger partial charge in [0.2, 0.25) is 11.8 Å². The molecule has 6 heteroatoms. The normalized spacial score (nSPS) is 36.7. The number of carbonyl (C=O) groups excluding carboxylic acids is 2. The Labute approximate surface area is 143 Å². The van der Waals surface area contributed by atoms with E-state index in [1.54, 1.807) is 0 Å². The Morgan fingerprint density at radius 2 is 0.958 bits per heavy atom. The predicted molar refractivity (Wildman–Crippen MR) is 87.2 cm³/mol. The highest BCUT2D eigenvalue weighted by molar-refractivity contribution is 5.89. The van der Waals surface area contributed by atoms with Gasteiger partial charge in [0.15, 0.2) is 0 Å². The predicted octanol–water partition coefficient (Wildman–Crippen LogP) is 0.756. The fourth-order valence-corrected chi connectivity index (χ4v) is 5.15. The molecule has 3 aliphatic carbocycles. The number of rotatable bonds is 2. The molecule has 0 spiro atoms. The molecule has 6 nitrogen and oxygen atoms in total. The van der Waals surface area contributed by atoms with Crippen LogP contribution in [0.5, 0.6) is 0 Å². The zero-order chi connectivity index (χ0) is 16.5. The summed E-state index contributed by atoms with van der Waals surface area (Å²) in [6.45, 7) is 5.17. The SMILES string of the molecule is O=C([C@H]1C2CCC(CC2)[C@@H]1C(=O)N1CCOCC1)N1CCOCC1. The van der Waals surface area contributed by atoms with Gasteiger partial charge in [-0.1, -0.05) is 0 Å². The molecule has 5 fully saturated rings. The van der Waals surface area contributed by atoms with E-state index in [-0.39, 0.29) is 23.7 Å². The molecule has 24 heavy (non-hydrogen) atoms. The minimum Gasteiger partial charge on any atom is -0.378 e. The van der Waals surface area contributed by atoms with Gasteiger partial charge in [0, 0.05) is 26.2 Å². The molecule has 5 rings (SSSR count). The summed E-state index contributed by atoms with van der Waals surface area (Å²) in [5, 5.41) is 0. The summed E-state index contributed by atoms with van der Waals surface area (Å²) >= 11 is 0. The van der Waals surface area contributed by atoms with Crippen LogP contribution in [0.1, 0.15) is 25.7 Å². The smallest absolute Gasteiger partial charge is 0.226 e. The second kappa shape index (κ2) is 7.00. The lowest BCUT2D eigenvalue weighted by atomic mass is 9.57. The summed E-state index contributed by atoms with van der Waals surface area (Å²) in [5.41, 5.74) is 0. The van der Waals surface area contributed by atoms with Crippen LogP contribution in [0.4, 0.5) is 0 Å². The van der Waals surface area contributed by atoms with Crippen LogP contribution in [0.25, 0.3) is 0 Å². The topological polar surface area (TPSA) is 59.1 Å². The molecule has 2 heterocycles. The molecule has 3 saturated carbocycles. The average molecular weight is 336 g/mol. The van der Waals surface area contributed by atoms with E-state index in [0.717, 1.165) is 25.7 Å². The average Bonchev–Trinajstić information content (AvgIpc) is 2.68. The Morgan fingerprint density at radius 1 is 0.625 bits per heavy atom. The van der Waals surface area contributed by atoms with Gasteiger partial charge in [-0.15, -0.1) is 0 Å². The van der Waals surface area contributed by atoms with Crippen LogP contribution in [0.3, 0.4) is 0 Å². The second-order valence-corrected chi connectivity index (χ2v) is 7.60. The molecule has 0 radical (unpaired) electrons. The van der Waals surface area contributed by atoms with E-state index in [1.807, 2.05) is 9.80 Å². The van der Waals surface area contributed by atoms with Crippen molar-refractivity contribution in [3.63, 3.8) is 0 Å². The van der Waals surface area contributed by atoms with E-state index >= 15 is 0 Å². The third-order valence-electron chi connectivity index (χ3n) is 6.43. The van der Waals surface area contributed by atoms with Gasteiger partial charge in [-0.3, -0.25) is 9.59 Å². The number of ether oxygens (including phenoxy) is 2. The van der Waals surface area contributed by atoms with Crippen molar-refractivity contribution in [1.82, 2.24) is 9.80 Å². The molecule has 2 aliphatic heterocycles. The van der Waals surface area contributed by atoms with Gasteiger partial charge in [-0.2, -0.15) is 0 Å². The van der Waals surface area contributed by atoms with Gasteiger partial charge in [-0.05, 0) is 37.5 Å². The maximum atomic E-state index is 13.2. The largest absolute Gasteiger partial charge is 0.378 e. The molecule has 2 amide bonds. The van der Waals surface area contributed by atoms with Gasteiger partial charge in [-0.25, -0.2) is 0 Å². The van der Waals surface area contributed by atoms with Gasteiger partial charge in [0.1, 0.15) is 0 Å². The van der Waals surface area contributed by atoms with Gasteiger partial charge in [0.25, 0.3) is 0 Å². The third-order valence-corrected chi connectivity index (χ3v) is 6.43. The fourth-order valence-electron chi connectivity index (χ4n) is 5.15. The molecule has 0 N–H and O–H groups in total. The number of morpholine rings is 2. The van der Waals surface area contributed by atoms with E-state index < -0.39 is 0 Å². The minimum absolute atomic E-state index is 0.106. The van der Waals surface area contributed by atoms with E-state index in [1.165, 1.54) is 0 Å². The maximum Gasteiger partial charge on any atom is 0.226 e. The van der Waals surface area contributed by atoms with Crippen LogP contribution < -0.4 is 0 Å². The molecule has 2 bridgehead atoms. The third kappa shape index (κ3) is 2.94. The van der Waals surface area contributed by atoms with E-state index in [9.17, 15) is 9.59 Å². The number of nitrogens with zero attached hydrogens (tertiary/aromatic N) is 2. The van der Waals surface area contributed by atoms with Gasteiger partial charge in [0.05, 0.1) is 38.3 Å². The van der Waals surface area contributed by atoms with Crippen molar-refractivity contribution >= 4 is 11.8 Å². The number of fused-ring (bicyclic) bond motifs is 3. The summed E-state index contributed by atoms with van der Waals surface area (Å²) in [7, 11) is 0. The highest BCUT2D eigenvalue weighted by Gasteiger charge is 2.52. The van der Waals surface area contributed by atoms with Crippen molar-refractivity contribution in [2.75, 3.05) is 52.6 Å². The van der Waals surface area contributed by atoms with Crippen molar-refractivity contribution in [3.05, 3.63) is 0 Å². The summed E-state index contributed by atoms with van der Waals surface area (Å²) in [6.07, 6.45) is 4.44. The Bertz CT molecular complexity index is 433. The van der Waals surface area contributed by atoms with Crippen LogP contribution in [0.2, 0.25) is 0 Å². The van der Waals surface area contributed by atoms with Crippen LogP contribution >= 0.6 is 0 Å². The number of amides is 2. The maximum absolute atomic E-state index is 13.2. The first kappa shape index (κ1) is 16.3. The molecule has 2 saturated heterocycles. The molecule has 134 valence electrons. The van der Waals surface area contributed by atoms with Crippen molar-refractivity contribution in [2.45, 2.75) is 25.7 Å². The summed E-state index contributed by atoms with van der Waals surface area (Å²) < 4.78 is 10.8. The van der Waals surface area contributed by atoms with Crippen molar-refractivity contribution in [3.8, 4) is 0 Å². The van der Waals surface area contributed by atoms with Crippen LogP contribution in [0.15, 0.2) is 0 Å². The molecule has 0 unspecified atom stereocenters. The molecular weight excluding hydrogens is 308 g/mol. The summed E-state index contributed by atoms with van der Waals surface area (Å²) in [4.78, 5) is 30.3. The lowest BCUT2D eigenvalue weighted by Crippen LogP contribution is -2.57. The second-order valence-electron chi connectivity index (χ2n) is 7.60. The fraction of sp³-hybridized carbons (Fsp3) is 0.889. The molecule has 0 aromatic rings. The highest BCUT2D eigenvalue weighted by Crippen LogP contribution is 2.50. The van der Waals surface area contributed by atoms with Crippen molar-refractivity contribution in [2.24, 2.45) is 23.7 Å².